The highest BCUT2D eigenvalue weighted by Gasteiger charge is 2.03. The maximum absolute atomic E-state index is 12.8. The van der Waals surface area contributed by atoms with E-state index >= 15 is 0 Å². The Morgan fingerprint density at radius 2 is 2.08 bits per heavy atom. The molecule has 1 rings (SSSR count). The number of hydrogen-bond acceptors (Lipinski definition) is 0. The number of benzene rings is 1. The Labute approximate surface area is 69.5 Å². The summed E-state index contributed by atoms with van der Waals surface area (Å²) < 4.78 is 25.4. The fraction of sp³-hybridized carbons (Fsp3) is 0.222. The van der Waals surface area contributed by atoms with Crippen molar-refractivity contribution < 1.29 is 8.78 Å². The van der Waals surface area contributed by atoms with Gasteiger partial charge in [-0.05, 0) is 23.8 Å². The molecule has 0 spiro atoms. The van der Waals surface area contributed by atoms with Gasteiger partial charge in [-0.25, -0.2) is 15.4 Å². The van der Waals surface area contributed by atoms with E-state index in [1.165, 1.54) is 0 Å². The summed E-state index contributed by atoms with van der Waals surface area (Å²) in [5.41, 5.74) is 0.269. The van der Waals surface area contributed by atoms with Crippen LogP contribution in [0, 0.1) is 18.2 Å². The zero-order chi connectivity index (χ0) is 8.97. The smallest absolute Gasteiger partial charge is 0.218 e. The van der Waals surface area contributed by atoms with Crippen molar-refractivity contribution in [1.29, 1.82) is 0 Å². The first-order chi connectivity index (χ1) is 5.74. The van der Waals surface area contributed by atoms with Crippen molar-refractivity contribution in [2.24, 2.45) is 0 Å². The van der Waals surface area contributed by atoms with Crippen LogP contribution in [0.4, 0.5) is 8.78 Å². The van der Waals surface area contributed by atoms with Crippen LogP contribution in [0.5, 0.6) is 0 Å². The number of hydrogen-bond donors (Lipinski definition) is 0. The molecular weight excluding hydrogens is 160 g/mol. The third kappa shape index (κ3) is 2.03. The molecule has 0 aromatic heterocycles. The molecule has 1 nitrogen and oxygen atoms in total. The molecule has 0 N–H and O–H groups in total. The Balaban J connectivity index is 2.84. The average molecular weight is 167 g/mol. The Morgan fingerprint density at radius 1 is 1.33 bits per heavy atom. The Hall–Kier alpha value is -1.43. The molecule has 0 atom stereocenters. The second-order valence-corrected chi connectivity index (χ2v) is 2.37. The molecule has 0 radical (unpaired) electrons. The van der Waals surface area contributed by atoms with E-state index in [1.54, 1.807) is 0 Å². The summed E-state index contributed by atoms with van der Waals surface area (Å²) in [6, 6.07) is 3.27. The van der Waals surface area contributed by atoms with Gasteiger partial charge < -0.3 is 4.85 Å². The second-order valence-electron chi connectivity index (χ2n) is 2.37. The highest BCUT2D eigenvalue weighted by molar-refractivity contribution is 5.19. The lowest BCUT2D eigenvalue weighted by atomic mass is 10.1. The van der Waals surface area contributed by atoms with Gasteiger partial charge in [-0.15, -0.1) is 0 Å². The van der Waals surface area contributed by atoms with Crippen molar-refractivity contribution in [3.05, 3.63) is 46.8 Å². The van der Waals surface area contributed by atoms with E-state index in [0.717, 1.165) is 18.2 Å². The molecule has 1 aromatic carbocycles. The van der Waals surface area contributed by atoms with Gasteiger partial charge in [0.25, 0.3) is 0 Å². The molecule has 0 bridgehead atoms. The first-order valence-electron chi connectivity index (χ1n) is 3.51. The maximum Gasteiger partial charge on any atom is 0.218 e. The topological polar surface area (TPSA) is 4.36 Å². The summed E-state index contributed by atoms with van der Waals surface area (Å²) in [5.74, 6) is -0.906. The molecule has 0 saturated carbocycles. The minimum atomic E-state index is -0.462. The van der Waals surface area contributed by atoms with Crippen LogP contribution in [0.25, 0.3) is 4.85 Å². The monoisotopic (exact) mass is 167 g/mol. The SMILES string of the molecule is [C-]#[N+]CCc1cc(F)ccc1F. The van der Waals surface area contributed by atoms with Crippen LogP contribution in [0.15, 0.2) is 18.2 Å². The van der Waals surface area contributed by atoms with Crippen LogP contribution in [0.1, 0.15) is 5.56 Å². The van der Waals surface area contributed by atoms with E-state index in [1.807, 2.05) is 0 Å². The molecule has 0 aliphatic heterocycles. The summed E-state index contributed by atoms with van der Waals surface area (Å²) in [6.07, 6.45) is 0.271. The summed E-state index contributed by atoms with van der Waals surface area (Å²) >= 11 is 0. The predicted octanol–water partition coefficient (Wildman–Crippen LogP) is 2.43. The predicted molar refractivity (Wildman–Crippen MR) is 41.5 cm³/mol. The molecule has 62 valence electrons. The summed E-state index contributed by atoms with van der Waals surface area (Å²) in [5, 5.41) is 0. The fourth-order valence-electron chi connectivity index (χ4n) is 0.911. The minimum absolute atomic E-state index is 0.195. The van der Waals surface area contributed by atoms with Gasteiger partial charge in [0.15, 0.2) is 0 Å². The normalized spacial score (nSPS) is 9.42. The summed E-state index contributed by atoms with van der Waals surface area (Å²) in [7, 11) is 0. The van der Waals surface area contributed by atoms with E-state index in [4.69, 9.17) is 6.57 Å². The molecule has 0 heterocycles. The van der Waals surface area contributed by atoms with E-state index < -0.39 is 11.6 Å². The van der Waals surface area contributed by atoms with Gasteiger partial charge in [-0.2, -0.15) is 0 Å². The first kappa shape index (κ1) is 8.66. The lowest BCUT2D eigenvalue weighted by molar-refractivity contribution is 0.586. The van der Waals surface area contributed by atoms with Crippen LogP contribution in [0.2, 0.25) is 0 Å². The maximum atomic E-state index is 12.8. The third-order valence-electron chi connectivity index (χ3n) is 1.50. The van der Waals surface area contributed by atoms with Crippen LogP contribution in [0.3, 0.4) is 0 Å². The second kappa shape index (κ2) is 3.82. The Kier molecular flexibility index (Phi) is 2.76. The minimum Gasteiger partial charge on any atom is -0.317 e. The van der Waals surface area contributed by atoms with E-state index in [9.17, 15) is 8.78 Å². The highest BCUT2D eigenvalue weighted by Crippen LogP contribution is 2.09. The molecule has 0 aliphatic carbocycles. The molecule has 12 heavy (non-hydrogen) atoms. The van der Waals surface area contributed by atoms with Gasteiger partial charge in [0.2, 0.25) is 6.54 Å². The summed E-state index contributed by atoms with van der Waals surface area (Å²) in [4.78, 5) is 3.06. The number of halogens is 2. The van der Waals surface area contributed by atoms with E-state index in [0.29, 0.717) is 0 Å². The molecule has 0 fully saturated rings. The number of rotatable bonds is 2. The molecule has 1 aromatic rings. The molecular formula is C9H7F2N. The largest absolute Gasteiger partial charge is 0.317 e. The van der Waals surface area contributed by atoms with E-state index in [2.05, 4.69) is 4.85 Å². The van der Waals surface area contributed by atoms with Gasteiger partial charge in [-0.1, -0.05) is 0 Å². The standard InChI is InChI=1S/C9H7F2N/c1-12-5-4-7-6-8(10)2-3-9(7)11/h2-3,6H,4-5H2. The van der Waals surface area contributed by atoms with Crippen molar-refractivity contribution in [3.63, 3.8) is 0 Å². The van der Waals surface area contributed by atoms with Gasteiger partial charge >= 0.3 is 0 Å². The van der Waals surface area contributed by atoms with Crippen LogP contribution in [-0.2, 0) is 6.42 Å². The van der Waals surface area contributed by atoms with Crippen molar-refractivity contribution in [1.82, 2.24) is 0 Å². The Bertz CT molecular complexity index is 315. The highest BCUT2D eigenvalue weighted by atomic mass is 19.1. The molecule has 0 aliphatic rings. The van der Waals surface area contributed by atoms with Gasteiger partial charge in [0.05, 0.1) is 0 Å². The zero-order valence-corrected chi connectivity index (χ0v) is 6.35. The van der Waals surface area contributed by atoms with E-state index in [-0.39, 0.29) is 18.5 Å². The van der Waals surface area contributed by atoms with Gasteiger partial charge in [0.1, 0.15) is 11.6 Å². The van der Waals surface area contributed by atoms with Crippen molar-refractivity contribution in [2.45, 2.75) is 6.42 Å². The van der Waals surface area contributed by atoms with Gasteiger partial charge in [-0.3, -0.25) is 0 Å². The van der Waals surface area contributed by atoms with Crippen LogP contribution in [-0.4, -0.2) is 6.54 Å². The van der Waals surface area contributed by atoms with Crippen molar-refractivity contribution in [3.8, 4) is 0 Å². The van der Waals surface area contributed by atoms with Crippen molar-refractivity contribution in [2.75, 3.05) is 6.54 Å². The fourth-order valence-corrected chi connectivity index (χ4v) is 0.911. The quantitative estimate of drug-likeness (QED) is 0.596. The molecule has 0 unspecified atom stereocenters. The third-order valence-corrected chi connectivity index (χ3v) is 1.50. The zero-order valence-electron chi connectivity index (χ0n) is 6.35. The lowest BCUT2D eigenvalue weighted by Crippen LogP contribution is -1.93. The molecule has 0 saturated heterocycles. The van der Waals surface area contributed by atoms with Gasteiger partial charge in [0, 0.05) is 6.42 Å². The average Bonchev–Trinajstić information content (AvgIpc) is 2.07. The summed E-state index contributed by atoms with van der Waals surface area (Å²) in [6.45, 7) is 6.68. The molecule has 3 heteroatoms. The molecule has 0 amide bonds. The Morgan fingerprint density at radius 3 is 2.75 bits per heavy atom. The number of nitrogens with zero attached hydrogens (tertiary/aromatic N) is 1. The van der Waals surface area contributed by atoms with Crippen molar-refractivity contribution >= 4 is 0 Å². The first-order valence-corrected chi connectivity index (χ1v) is 3.51. The van der Waals surface area contributed by atoms with Crippen LogP contribution >= 0.6 is 0 Å². The lowest BCUT2D eigenvalue weighted by Gasteiger charge is -1.97. The van der Waals surface area contributed by atoms with Crippen LogP contribution < -0.4 is 0 Å².